The molecule has 0 radical (unpaired) electrons. The Balaban J connectivity index is 0.00000312. The zero-order chi connectivity index (χ0) is 17.4. The molecule has 1 aromatic rings. The number of halogens is 1. The zero-order valence-corrected chi connectivity index (χ0v) is 16.3. The molecule has 0 aliphatic carbocycles. The lowest BCUT2D eigenvalue weighted by Gasteiger charge is -2.33. The molecule has 0 bridgehead atoms. The van der Waals surface area contributed by atoms with Crippen LogP contribution in [0.3, 0.4) is 0 Å². The molecule has 1 saturated heterocycles. The van der Waals surface area contributed by atoms with E-state index in [-0.39, 0.29) is 36.6 Å². The van der Waals surface area contributed by atoms with Crippen LogP contribution in [0.2, 0.25) is 0 Å². The molecule has 2 N–H and O–H groups in total. The van der Waals surface area contributed by atoms with Crippen molar-refractivity contribution in [3.63, 3.8) is 0 Å². The first-order chi connectivity index (χ1) is 11.7. The van der Waals surface area contributed by atoms with Gasteiger partial charge in [0.15, 0.2) is 0 Å². The van der Waals surface area contributed by atoms with E-state index in [1.54, 1.807) is 0 Å². The van der Waals surface area contributed by atoms with Crippen LogP contribution in [0.25, 0.3) is 0 Å². The van der Waals surface area contributed by atoms with Crippen molar-refractivity contribution in [3.8, 4) is 0 Å². The van der Waals surface area contributed by atoms with Gasteiger partial charge in [-0.2, -0.15) is 0 Å². The molecule has 1 fully saturated rings. The number of hydrogen-bond donors (Lipinski definition) is 1. The smallest absolute Gasteiger partial charge is 0.251 e. The third-order valence-corrected chi connectivity index (χ3v) is 4.77. The van der Waals surface area contributed by atoms with E-state index in [2.05, 4.69) is 43.0 Å². The van der Waals surface area contributed by atoms with E-state index >= 15 is 0 Å². The van der Waals surface area contributed by atoms with Gasteiger partial charge in [0.05, 0.1) is 6.10 Å². The second-order valence-corrected chi connectivity index (χ2v) is 6.72. The van der Waals surface area contributed by atoms with Crippen LogP contribution in [-0.2, 0) is 16.0 Å². The number of benzene rings is 1. The first-order valence-corrected chi connectivity index (χ1v) is 9.39. The van der Waals surface area contributed by atoms with Gasteiger partial charge in [-0.25, -0.2) is 0 Å². The van der Waals surface area contributed by atoms with Crippen LogP contribution in [-0.4, -0.2) is 42.1 Å². The minimum Gasteiger partial charge on any atom is -0.364 e. The van der Waals surface area contributed by atoms with Gasteiger partial charge >= 0.3 is 0 Å². The van der Waals surface area contributed by atoms with E-state index in [0.717, 1.165) is 45.1 Å². The summed E-state index contributed by atoms with van der Waals surface area (Å²) in [4.78, 5) is 15.1. The summed E-state index contributed by atoms with van der Waals surface area (Å²) < 4.78 is 5.86. The summed E-state index contributed by atoms with van der Waals surface area (Å²) in [5.74, 6) is 0.155. The summed E-state index contributed by atoms with van der Waals surface area (Å²) in [6.07, 6.45) is 5.40. The minimum absolute atomic E-state index is 0. The summed E-state index contributed by atoms with van der Waals surface area (Å²) in [5.41, 5.74) is 6.98. The highest BCUT2D eigenvalue weighted by atomic mass is 35.5. The third kappa shape index (κ3) is 6.28. The molecule has 1 amide bonds. The number of amides is 1. The van der Waals surface area contributed by atoms with Crippen LogP contribution in [0, 0.1) is 0 Å². The third-order valence-electron chi connectivity index (χ3n) is 4.77. The molecule has 3 atom stereocenters. The molecule has 25 heavy (non-hydrogen) atoms. The molecule has 1 heterocycles. The average Bonchev–Trinajstić information content (AvgIpc) is 3.09. The number of rotatable bonds is 9. The molecule has 0 saturated carbocycles. The van der Waals surface area contributed by atoms with E-state index in [9.17, 15) is 4.79 Å². The van der Waals surface area contributed by atoms with E-state index in [1.807, 2.05) is 6.07 Å². The van der Waals surface area contributed by atoms with Crippen LogP contribution in [0.15, 0.2) is 30.3 Å². The molecule has 0 aromatic heterocycles. The zero-order valence-electron chi connectivity index (χ0n) is 15.5. The molecule has 142 valence electrons. The fraction of sp³-hybridized carbons (Fsp3) is 0.650. The van der Waals surface area contributed by atoms with Crippen molar-refractivity contribution < 1.29 is 9.53 Å². The molecule has 1 unspecified atom stereocenters. The lowest BCUT2D eigenvalue weighted by atomic mass is 9.99. The number of carbonyl (C=O) groups excluding carboxylic acids is 1. The molecule has 0 spiro atoms. The van der Waals surface area contributed by atoms with Crippen molar-refractivity contribution in [3.05, 3.63) is 35.9 Å². The SMILES string of the molecule is CCCC(Cc1ccccc1)N(CCC)C(=O)[C@@H]1CC[C@H](CN)O1.Cl. The second kappa shape index (κ2) is 11.5. The standard InChI is InChI=1S/C20H32N2O2.ClH/c1-3-8-17(14-16-9-6-5-7-10-16)22(13-4-2)20(23)19-12-11-18(15-21)24-19;/h5-7,9-10,17-19H,3-4,8,11-15,21H2,1-2H3;1H/t17?,18-,19+;/m1./s1. The first-order valence-electron chi connectivity index (χ1n) is 9.39. The summed E-state index contributed by atoms with van der Waals surface area (Å²) in [6, 6.07) is 10.7. The highest BCUT2D eigenvalue weighted by Crippen LogP contribution is 2.24. The van der Waals surface area contributed by atoms with Crippen molar-refractivity contribution in [2.24, 2.45) is 5.73 Å². The monoisotopic (exact) mass is 368 g/mol. The fourth-order valence-corrected chi connectivity index (χ4v) is 3.55. The molecule has 1 aliphatic heterocycles. The minimum atomic E-state index is -0.305. The summed E-state index contributed by atoms with van der Waals surface area (Å²) >= 11 is 0. The van der Waals surface area contributed by atoms with Gasteiger partial charge in [0.2, 0.25) is 0 Å². The maximum atomic E-state index is 13.1. The van der Waals surface area contributed by atoms with Crippen LogP contribution in [0.1, 0.15) is 51.5 Å². The van der Waals surface area contributed by atoms with Gasteiger partial charge in [0, 0.05) is 19.1 Å². The van der Waals surface area contributed by atoms with Crippen molar-refractivity contribution in [2.75, 3.05) is 13.1 Å². The lowest BCUT2D eigenvalue weighted by Crippen LogP contribution is -2.47. The quantitative estimate of drug-likeness (QED) is 0.725. The van der Waals surface area contributed by atoms with E-state index in [0.29, 0.717) is 6.54 Å². The van der Waals surface area contributed by atoms with E-state index in [4.69, 9.17) is 10.5 Å². The van der Waals surface area contributed by atoms with Crippen molar-refractivity contribution in [2.45, 2.75) is 70.6 Å². The fourth-order valence-electron chi connectivity index (χ4n) is 3.55. The molecule has 5 heteroatoms. The van der Waals surface area contributed by atoms with Crippen molar-refractivity contribution in [1.29, 1.82) is 0 Å². The number of carbonyl (C=O) groups is 1. The predicted molar refractivity (Wildman–Crippen MR) is 105 cm³/mol. The second-order valence-electron chi connectivity index (χ2n) is 6.72. The Kier molecular flexibility index (Phi) is 10.1. The van der Waals surface area contributed by atoms with Gasteiger partial charge in [-0.1, -0.05) is 50.6 Å². The average molecular weight is 369 g/mol. The Bertz CT molecular complexity index is 498. The topological polar surface area (TPSA) is 55.6 Å². The number of ether oxygens (including phenoxy) is 1. The van der Waals surface area contributed by atoms with Gasteiger partial charge in [-0.15, -0.1) is 12.4 Å². The molecule has 1 aliphatic rings. The normalized spacial score (nSPS) is 20.8. The Morgan fingerprint density at radius 3 is 2.52 bits per heavy atom. The first kappa shape index (κ1) is 21.9. The molecular weight excluding hydrogens is 336 g/mol. The highest BCUT2D eigenvalue weighted by Gasteiger charge is 2.35. The summed E-state index contributed by atoms with van der Waals surface area (Å²) in [7, 11) is 0. The van der Waals surface area contributed by atoms with E-state index < -0.39 is 0 Å². The van der Waals surface area contributed by atoms with Crippen molar-refractivity contribution >= 4 is 18.3 Å². The maximum absolute atomic E-state index is 13.1. The van der Waals surface area contributed by atoms with Crippen LogP contribution in [0.5, 0.6) is 0 Å². The lowest BCUT2D eigenvalue weighted by molar-refractivity contribution is -0.145. The molecule has 2 rings (SSSR count). The molecular formula is C20H33ClN2O2. The van der Waals surface area contributed by atoms with Gasteiger partial charge < -0.3 is 15.4 Å². The molecule has 4 nitrogen and oxygen atoms in total. The summed E-state index contributed by atoms with van der Waals surface area (Å²) in [6.45, 7) is 5.61. The Morgan fingerprint density at radius 2 is 1.96 bits per heavy atom. The Labute approximate surface area is 158 Å². The van der Waals surface area contributed by atoms with Gasteiger partial charge in [-0.05, 0) is 37.7 Å². The van der Waals surface area contributed by atoms with Crippen LogP contribution >= 0.6 is 12.4 Å². The Hall–Kier alpha value is -1.10. The predicted octanol–water partition coefficient (Wildman–Crippen LogP) is 3.56. The number of nitrogens with zero attached hydrogens (tertiary/aromatic N) is 1. The summed E-state index contributed by atoms with van der Waals surface area (Å²) in [5, 5.41) is 0. The maximum Gasteiger partial charge on any atom is 0.251 e. The number of nitrogens with two attached hydrogens (primary N) is 1. The largest absolute Gasteiger partial charge is 0.364 e. The van der Waals surface area contributed by atoms with Crippen molar-refractivity contribution in [1.82, 2.24) is 4.90 Å². The number of hydrogen-bond acceptors (Lipinski definition) is 3. The van der Waals surface area contributed by atoms with Crippen LogP contribution in [0.4, 0.5) is 0 Å². The molecule has 1 aromatic carbocycles. The van der Waals surface area contributed by atoms with Gasteiger partial charge in [0.1, 0.15) is 6.10 Å². The van der Waals surface area contributed by atoms with E-state index in [1.165, 1.54) is 5.56 Å². The van der Waals surface area contributed by atoms with Gasteiger partial charge in [0.25, 0.3) is 5.91 Å². The van der Waals surface area contributed by atoms with Gasteiger partial charge in [-0.3, -0.25) is 4.79 Å². The Morgan fingerprint density at radius 1 is 1.24 bits per heavy atom. The highest BCUT2D eigenvalue weighted by molar-refractivity contribution is 5.85. The van der Waals surface area contributed by atoms with Crippen LogP contribution < -0.4 is 5.73 Å².